The third-order valence-corrected chi connectivity index (χ3v) is 5.35. The Labute approximate surface area is 195 Å². The molecule has 0 radical (unpaired) electrons. The molecule has 0 aliphatic rings. The molecule has 8 nitrogen and oxygen atoms in total. The van der Waals surface area contributed by atoms with Crippen LogP contribution < -0.4 is 16.0 Å². The molecule has 0 spiro atoms. The minimum atomic E-state index is -4.55. The molecule has 12 heteroatoms. The number of aryl methyl sites for hydroxylation is 1. The summed E-state index contributed by atoms with van der Waals surface area (Å²) in [6.45, 7) is -0.783. The molecule has 34 heavy (non-hydrogen) atoms. The fourth-order valence-electron chi connectivity index (χ4n) is 3.44. The molecular weight excluding hydrogens is 477 g/mol. The number of halogens is 4. The van der Waals surface area contributed by atoms with Crippen molar-refractivity contribution in [3.05, 3.63) is 80.0 Å². The lowest BCUT2D eigenvalue weighted by molar-refractivity contribution is -0.137. The lowest BCUT2D eigenvalue weighted by Crippen LogP contribution is -2.40. The predicted octanol–water partition coefficient (Wildman–Crippen LogP) is 4.05. The van der Waals surface area contributed by atoms with E-state index in [2.05, 4.69) is 4.98 Å². The smallest absolute Gasteiger partial charge is 0.390 e. The van der Waals surface area contributed by atoms with Crippen LogP contribution in [0.2, 0.25) is 5.02 Å². The van der Waals surface area contributed by atoms with E-state index in [0.29, 0.717) is 15.2 Å². The molecule has 0 fully saturated rings. The van der Waals surface area contributed by atoms with Crippen molar-refractivity contribution >= 4 is 22.8 Å². The Hall–Kier alpha value is -3.73. The number of nitrogens with zero attached hydrogens (tertiary/aromatic N) is 4. The fourth-order valence-corrected chi connectivity index (χ4v) is 3.56. The summed E-state index contributed by atoms with van der Waals surface area (Å²) in [7, 11) is 1.31. The zero-order valence-corrected chi connectivity index (χ0v) is 18.5. The van der Waals surface area contributed by atoms with Gasteiger partial charge in [-0.3, -0.25) is 18.5 Å². The number of aromatic hydroxyl groups is 1. The first-order valence-electron chi connectivity index (χ1n) is 10.0. The zero-order chi connectivity index (χ0) is 24.6. The van der Waals surface area contributed by atoms with Gasteiger partial charge in [-0.05, 0) is 29.8 Å². The first-order valence-corrected chi connectivity index (χ1v) is 10.4. The van der Waals surface area contributed by atoms with Crippen molar-refractivity contribution < 1.29 is 23.0 Å². The maximum Gasteiger partial charge on any atom is 0.390 e. The number of imidazole rings is 1. The number of ether oxygens (including phenoxy) is 1. The van der Waals surface area contributed by atoms with Gasteiger partial charge in [-0.1, -0.05) is 29.8 Å². The Kier molecular flexibility index (Phi) is 6.13. The third-order valence-electron chi connectivity index (χ3n) is 5.10. The van der Waals surface area contributed by atoms with Crippen molar-refractivity contribution in [3.63, 3.8) is 0 Å². The molecule has 0 amide bonds. The highest BCUT2D eigenvalue weighted by atomic mass is 35.5. The number of hydrogen-bond donors (Lipinski definition) is 1. The van der Waals surface area contributed by atoms with E-state index in [9.17, 15) is 27.9 Å². The number of phenolic OH excluding ortho intramolecular Hbond substituents is 1. The first kappa shape index (κ1) is 23.4. The van der Waals surface area contributed by atoms with Crippen LogP contribution >= 0.6 is 11.6 Å². The summed E-state index contributed by atoms with van der Waals surface area (Å²) in [6.07, 6.45) is -5.89. The normalized spacial score (nSPS) is 11.8. The second-order valence-electron chi connectivity index (χ2n) is 7.54. The lowest BCUT2D eigenvalue weighted by Gasteiger charge is -2.12. The molecule has 0 bridgehead atoms. The largest absolute Gasteiger partial charge is 0.508 e. The summed E-state index contributed by atoms with van der Waals surface area (Å²) < 4.78 is 47.1. The Morgan fingerprint density at radius 2 is 1.79 bits per heavy atom. The molecular formula is C22H18ClF3N4O4. The van der Waals surface area contributed by atoms with E-state index in [1.165, 1.54) is 29.8 Å². The number of rotatable bonds is 6. The van der Waals surface area contributed by atoms with Gasteiger partial charge in [0.25, 0.3) is 5.56 Å². The van der Waals surface area contributed by atoms with Crippen molar-refractivity contribution in [2.75, 3.05) is 0 Å². The highest BCUT2D eigenvalue weighted by Crippen LogP contribution is 2.27. The summed E-state index contributed by atoms with van der Waals surface area (Å²) in [5.74, 6) is 0.134. The van der Waals surface area contributed by atoms with E-state index in [4.69, 9.17) is 16.3 Å². The highest BCUT2D eigenvalue weighted by Gasteiger charge is 2.29. The van der Waals surface area contributed by atoms with Crippen LogP contribution in [0.5, 0.6) is 17.5 Å². The maximum atomic E-state index is 13.2. The Morgan fingerprint density at radius 3 is 2.44 bits per heavy atom. The van der Waals surface area contributed by atoms with Crippen molar-refractivity contribution in [1.82, 2.24) is 18.7 Å². The number of fused-ring (bicyclic) bond motifs is 1. The molecule has 2 aromatic carbocycles. The molecule has 0 unspecified atom stereocenters. The Morgan fingerprint density at radius 1 is 1.09 bits per heavy atom. The molecule has 1 N–H and O–H groups in total. The molecule has 0 atom stereocenters. The second-order valence-corrected chi connectivity index (χ2v) is 7.98. The molecule has 4 aromatic rings. The average Bonchev–Trinajstić information content (AvgIpc) is 3.11. The van der Waals surface area contributed by atoms with Gasteiger partial charge in [-0.25, -0.2) is 4.79 Å². The lowest BCUT2D eigenvalue weighted by atomic mass is 10.2. The number of aromatic nitrogens is 4. The van der Waals surface area contributed by atoms with Crippen molar-refractivity contribution in [2.24, 2.45) is 7.05 Å². The van der Waals surface area contributed by atoms with Crippen LogP contribution in [-0.2, 0) is 20.1 Å². The second kappa shape index (κ2) is 8.90. The van der Waals surface area contributed by atoms with Gasteiger partial charge in [0.1, 0.15) is 11.5 Å². The van der Waals surface area contributed by atoms with E-state index in [1.54, 1.807) is 30.3 Å². The molecule has 0 aliphatic heterocycles. The van der Waals surface area contributed by atoms with Crippen molar-refractivity contribution in [1.29, 1.82) is 0 Å². The van der Waals surface area contributed by atoms with E-state index in [1.807, 2.05) is 0 Å². The molecule has 4 rings (SSSR count). The third kappa shape index (κ3) is 4.79. The van der Waals surface area contributed by atoms with Crippen LogP contribution in [-0.4, -0.2) is 30.0 Å². The first-order chi connectivity index (χ1) is 16.0. The monoisotopic (exact) mass is 494 g/mol. The molecule has 2 aromatic heterocycles. The van der Waals surface area contributed by atoms with E-state index in [-0.39, 0.29) is 35.2 Å². The van der Waals surface area contributed by atoms with Gasteiger partial charge < -0.3 is 9.84 Å². The summed E-state index contributed by atoms with van der Waals surface area (Å²) in [4.78, 5) is 30.2. The van der Waals surface area contributed by atoms with Gasteiger partial charge in [0.15, 0.2) is 11.2 Å². The van der Waals surface area contributed by atoms with Crippen LogP contribution in [0.15, 0.2) is 58.1 Å². The van der Waals surface area contributed by atoms with Crippen LogP contribution in [0.1, 0.15) is 12.0 Å². The Bertz CT molecular complexity index is 1470. The standard InChI is InChI=1S/C22H18ClF3N4O4/c1-28-18-17(19(32)29(21(28)33)10-9-22(24,25)26)30(12-13-5-7-14(23)8-6-13)20(27-18)34-16-4-2-3-15(31)11-16/h2-8,11,31H,9-10,12H2,1H3. The Balaban J connectivity index is 1.92. The summed E-state index contributed by atoms with van der Waals surface area (Å²) >= 11 is 5.95. The van der Waals surface area contributed by atoms with Crippen molar-refractivity contribution in [3.8, 4) is 17.5 Å². The quantitative estimate of drug-likeness (QED) is 0.437. The molecule has 0 aliphatic carbocycles. The number of hydrogen-bond acceptors (Lipinski definition) is 5. The maximum absolute atomic E-state index is 13.2. The average molecular weight is 495 g/mol. The molecule has 178 valence electrons. The van der Waals surface area contributed by atoms with E-state index >= 15 is 0 Å². The van der Waals surface area contributed by atoms with Gasteiger partial charge in [0, 0.05) is 24.7 Å². The highest BCUT2D eigenvalue weighted by molar-refractivity contribution is 6.30. The molecule has 2 heterocycles. The van der Waals surface area contributed by atoms with Gasteiger partial charge in [-0.15, -0.1) is 0 Å². The number of alkyl halides is 3. The number of benzene rings is 2. The van der Waals surface area contributed by atoms with E-state index in [0.717, 1.165) is 4.57 Å². The van der Waals surface area contributed by atoms with Gasteiger partial charge in [0.2, 0.25) is 0 Å². The van der Waals surface area contributed by atoms with Crippen molar-refractivity contribution in [2.45, 2.75) is 25.7 Å². The van der Waals surface area contributed by atoms with Crippen LogP contribution in [0.25, 0.3) is 11.2 Å². The van der Waals surface area contributed by atoms with Gasteiger partial charge in [0.05, 0.1) is 13.0 Å². The summed E-state index contributed by atoms with van der Waals surface area (Å²) in [5, 5.41) is 10.2. The fraction of sp³-hybridized carbons (Fsp3) is 0.227. The summed E-state index contributed by atoms with van der Waals surface area (Å²) in [6, 6.07) is 12.5. The minimum absolute atomic E-state index is 0.0501. The SMILES string of the molecule is Cn1c(=O)n(CCC(F)(F)F)c(=O)c2c1nc(Oc1cccc(O)c1)n2Cc1ccc(Cl)cc1. The van der Waals surface area contributed by atoms with Crippen LogP contribution in [0, 0.1) is 0 Å². The molecule has 0 saturated heterocycles. The summed E-state index contributed by atoms with van der Waals surface area (Å²) in [5.41, 5.74) is -1.31. The zero-order valence-electron chi connectivity index (χ0n) is 17.7. The molecule has 0 saturated carbocycles. The number of phenols is 1. The minimum Gasteiger partial charge on any atom is -0.508 e. The van der Waals surface area contributed by atoms with Crippen LogP contribution in [0.4, 0.5) is 13.2 Å². The van der Waals surface area contributed by atoms with Crippen LogP contribution in [0.3, 0.4) is 0 Å². The van der Waals surface area contributed by atoms with Gasteiger partial charge >= 0.3 is 17.9 Å². The predicted molar refractivity (Wildman–Crippen MR) is 119 cm³/mol. The topological polar surface area (TPSA) is 91.3 Å². The van der Waals surface area contributed by atoms with Gasteiger partial charge in [-0.2, -0.15) is 18.2 Å². The van der Waals surface area contributed by atoms with E-state index < -0.39 is 30.4 Å².